The number of aromatic nitrogens is 3. The molecular weight excluding hydrogens is 210 g/mol. The van der Waals surface area contributed by atoms with Crippen LogP contribution in [0.5, 0.6) is 0 Å². The lowest BCUT2D eigenvalue weighted by Gasteiger charge is -2.09. The molecule has 0 radical (unpaired) electrons. The van der Waals surface area contributed by atoms with Gasteiger partial charge in [0.15, 0.2) is 5.65 Å². The standard InChI is InChI=1S/C11H14ClN3/c1-4-7(2)9-5-10(12)15-11(14-9)8(3)6-13-15/h5-7H,4H2,1-3H3. The first-order chi connectivity index (χ1) is 7.13. The van der Waals surface area contributed by atoms with Crippen LogP contribution < -0.4 is 0 Å². The van der Waals surface area contributed by atoms with Gasteiger partial charge in [0.1, 0.15) is 5.15 Å². The van der Waals surface area contributed by atoms with E-state index in [1.54, 1.807) is 10.7 Å². The Kier molecular flexibility index (Phi) is 2.65. The molecule has 0 aliphatic rings. The van der Waals surface area contributed by atoms with Crippen molar-refractivity contribution < 1.29 is 0 Å². The van der Waals surface area contributed by atoms with Crippen LogP contribution in [0.1, 0.15) is 37.4 Å². The fourth-order valence-corrected chi connectivity index (χ4v) is 1.75. The van der Waals surface area contributed by atoms with E-state index in [2.05, 4.69) is 23.9 Å². The van der Waals surface area contributed by atoms with E-state index in [1.165, 1.54) is 0 Å². The third-order valence-corrected chi connectivity index (χ3v) is 3.01. The Bertz CT molecular complexity index is 490. The Labute approximate surface area is 94.1 Å². The fourth-order valence-electron chi connectivity index (χ4n) is 1.51. The van der Waals surface area contributed by atoms with Crippen molar-refractivity contribution in [1.29, 1.82) is 0 Å². The first-order valence-corrected chi connectivity index (χ1v) is 5.52. The molecule has 1 atom stereocenters. The second-order valence-electron chi connectivity index (χ2n) is 3.88. The summed E-state index contributed by atoms with van der Waals surface area (Å²) in [5, 5.41) is 4.79. The van der Waals surface area contributed by atoms with Crippen LogP contribution in [0.15, 0.2) is 12.3 Å². The summed E-state index contributed by atoms with van der Waals surface area (Å²) >= 11 is 6.14. The van der Waals surface area contributed by atoms with Gasteiger partial charge in [-0.05, 0) is 25.3 Å². The molecule has 2 aromatic heterocycles. The number of hydrogen-bond acceptors (Lipinski definition) is 2. The SMILES string of the molecule is CCC(C)c1cc(Cl)n2ncc(C)c2n1. The van der Waals surface area contributed by atoms with Crippen molar-refractivity contribution in [3.05, 3.63) is 28.7 Å². The number of aryl methyl sites for hydroxylation is 1. The zero-order chi connectivity index (χ0) is 11.0. The third kappa shape index (κ3) is 1.72. The Hall–Kier alpha value is -1.09. The number of nitrogens with zero attached hydrogens (tertiary/aromatic N) is 3. The van der Waals surface area contributed by atoms with Gasteiger partial charge in [-0.2, -0.15) is 5.10 Å². The predicted molar refractivity (Wildman–Crippen MR) is 61.4 cm³/mol. The van der Waals surface area contributed by atoms with E-state index >= 15 is 0 Å². The first kappa shape index (κ1) is 10.4. The van der Waals surface area contributed by atoms with E-state index in [9.17, 15) is 0 Å². The minimum Gasteiger partial charge on any atom is -0.233 e. The summed E-state index contributed by atoms with van der Waals surface area (Å²) in [5.41, 5.74) is 2.96. The van der Waals surface area contributed by atoms with Crippen LogP contribution in [-0.4, -0.2) is 14.6 Å². The van der Waals surface area contributed by atoms with Crippen molar-refractivity contribution in [2.75, 3.05) is 0 Å². The molecular formula is C11H14ClN3. The van der Waals surface area contributed by atoms with E-state index < -0.39 is 0 Å². The molecule has 0 saturated carbocycles. The molecule has 0 aromatic carbocycles. The summed E-state index contributed by atoms with van der Waals surface area (Å²) in [6.45, 7) is 6.29. The van der Waals surface area contributed by atoms with Crippen molar-refractivity contribution in [2.24, 2.45) is 0 Å². The Balaban J connectivity index is 2.65. The molecule has 80 valence electrons. The molecule has 0 saturated heterocycles. The monoisotopic (exact) mass is 223 g/mol. The van der Waals surface area contributed by atoms with E-state index in [-0.39, 0.29) is 0 Å². The maximum absolute atomic E-state index is 6.14. The number of halogens is 1. The lowest BCUT2D eigenvalue weighted by Crippen LogP contribution is -2.01. The predicted octanol–water partition coefficient (Wildman–Crippen LogP) is 3.20. The third-order valence-electron chi connectivity index (χ3n) is 2.74. The van der Waals surface area contributed by atoms with Crippen molar-refractivity contribution in [2.45, 2.75) is 33.1 Å². The average Bonchev–Trinajstić information content (AvgIpc) is 2.60. The summed E-state index contributed by atoms with van der Waals surface area (Å²) in [6.07, 6.45) is 2.85. The molecule has 0 amide bonds. The van der Waals surface area contributed by atoms with Crippen LogP contribution in [0, 0.1) is 6.92 Å². The molecule has 2 aromatic rings. The lowest BCUT2D eigenvalue weighted by atomic mass is 10.1. The van der Waals surface area contributed by atoms with Crippen LogP contribution in [-0.2, 0) is 0 Å². The van der Waals surface area contributed by atoms with Crippen molar-refractivity contribution in [3.8, 4) is 0 Å². The Morgan fingerprint density at radius 1 is 1.53 bits per heavy atom. The summed E-state index contributed by atoms with van der Waals surface area (Å²) < 4.78 is 1.67. The fraction of sp³-hybridized carbons (Fsp3) is 0.455. The Morgan fingerprint density at radius 3 is 2.93 bits per heavy atom. The molecule has 3 nitrogen and oxygen atoms in total. The van der Waals surface area contributed by atoms with Gasteiger partial charge in [0.2, 0.25) is 0 Å². The van der Waals surface area contributed by atoms with Gasteiger partial charge in [0.25, 0.3) is 0 Å². The highest BCUT2D eigenvalue weighted by Crippen LogP contribution is 2.22. The maximum atomic E-state index is 6.14. The van der Waals surface area contributed by atoms with E-state index in [1.807, 2.05) is 13.0 Å². The van der Waals surface area contributed by atoms with Crippen LogP contribution in [0.3, 0.4) is 0 Å². The topological polar surface area (TPSA) is 30.2 Å². The van der Waals surface area contributed by atoms with Gasteiger partial charge in [0, 0.05) is 11.3 Å². The first-order valence-electron chi connectivity index (χ1n) is 5.14. The molecule has 0 aliphatic heterocycles. The zero-order valence-corrected chi connectivity index (χ0v) is 9.91. The van der Waals surface area contributed by atoms with Gasteiger partial charge in [-0.3, -0.25) is 0 Å². The second-order valence-corrected chi connectivity index (χ2v) is 4.26. The van der Waals surface area contributed by atoms with Crippen LogP contribution in [0.2, 0.25) is 5.15 Å². The number of hydrogen-bond donors (Lipinski definition) is 0. The summed E-state index contributed by atoms with van der Waals surface area (Å²) in [5.74, 6) is 0.432. The summed E-state index contributed by atoms with van der Waals surface area (Å²) in [7, 11) is 0. The minimum atomic E-state index is 0.432. The van der Waals surface area contributed by atoms with Crippen molar-refractivity contribution >= 4 is 17.2 Å². The second kappa shape index (κ2) is 3.81. The highest BCUT2D eigenvalue weighted by Gasteiger charge is 2.11. The molecule has 4 heteroatoms. The van der Waals surface area contributed by atoms with E-state index in [4.69, 9.17) is 11.6 Å². The molecule has 2 rings (SSSR count). The molecule has 0 fully saturated rings. The number of fused-ring (bicyclic) bond motifs is 1. The van der Waals surface area contributed by atoms with Crippen molar-refractivity contribution in [1.82, 2.24) is 14.6 Å². The normalized spacial score (nSPS) is 13.3. The Morgan fingerprint density at radius 2 is 2.27 bits per heavy atom. The van der Waals surface area contributed by atoms with Gasteiger partial charge in [-0.25, -0.2) is 9.50 Å². The van der Waals surface area contributed by atoms with Crippen LogP contribution in [0.4, 0.5) is 0 Å². The zero-order valence-electron chi connectivity index (χ0n) is 9.16. The molecule has 2 heterocycles. The number of rotatable bonds is 2. The lowest BCUT2D eigenvalue weighted by molar-refractivity contribution is 0.705. The highest BCUT2D eigenvalue weighted by atomic mass is 35.5. The van der Waals surface area contributed by atoms with Crippen LogP contribution >= 0.6 is 11.6 Å². The van der Waals surface area contributed by atoms with Gasteiger partial charge in [-0.1, -0.05) is 25.4 Å². The molecule has 1 unspecified atom stereocenters. The molecule has 0 bridgehead atoms. The van der Waals surface area contributed by atoms with E-state index in [0.717, 1.165) is 23.3 Å². The minimum absolute atomic E-state index is 0.432. The molecule has 0 N–H and O–H groups in total. The quantitative estimate of drug-likeness (QED) is 0.732. The molecule has 0 spiro atoms. The molecule has 0 aliphatic carbocycles. The van der Waals surface area contributed by atoms with Crippen molar-refractivity contribution in [3.63, 3.8) is 0 Å². The summed E-state index contributed by atoms with van der Waals surface area (Å²) in [4.78, 5) is 4.58. The summed E-state index contributed by atoms with van der Waals surface area (Å²) in [6, 6.07) is 1.90. The van der Waals surface area contributed by atoms with Gasteiger partial charge in [0.05, 0.1) is 6.20 Å². The highest BCUT2D eigenvalue weighted by molar-refractivity contribution is 6.29. The van der Waals surface area contributed by atoms with Gasteiger partial charge < -0.3 is 0 Å². The van der Waals surface area contributed by atoms with Gasteiger partial charge in [-0.15, -0.1) is 0 Å². The molecule has 15 heavy (non-hydrogen) atoms. The van der Waals surface area contributed by atoms with Crippen LogP contribution in [0.25, 0.3) is 5.65 Å². The van der Waals surface area contributed by atoms with E-state index in [0.29, 0.717) is 11.1 Å². The average molecular weight is 224 g/mol. The van der Waals surface area contributed by atoms with Gasteiger partial charge >= 0.3 is 0 Å². The smallest absolute Gasteiger partial charge is 0.159 e. The largest absolute Gasteiger partial charge is 0.233 e. The maximum Gasteiger partial charge on any atom is 0.159 e.